The van der Waals surface area contributed by atoms with Crippen LogP contribution in [0.4, 0.5) is 10.6 Å². The van der Waals surface area contributed by atoms with Crippen LogP contribution in [0.5, 0.6) is 0 Å². The summed E-state index contributed by atoms with van der Waals surface area (Å²) in [6.07, 6.45) is 0.0814. The molecule has 1 aromatic heterocycles. The normalized spacial score (nSPS) is 11.8. The van der Waals surface area contributed by atoms with Gasteiger partial charge in [-0.25, -0.2) is 4.79 Å². The molecule has 0 saturated carbocycles. The summed E-state index contributed by atoms with van der Waals surface area (Å²) < 4.78 is 1.59. The average Bonchev–Trinajstić information content (AvgIpc) is 2.76. The number of carbonyl (C=O) groups excluding carboxylic acids is 2. The Hall–Kier alpha value is -2.83. The summed E-state index contributed by atoms with van der Waals surface area (Å²) in [5, 5.41) is 9.60. The van der Waals surface area contributed by atoms with Crippen molar-refractivity contribution < 1.29 is 9.59 Å². The van der Waals surface area contributed by atoms with Crippen LogP contribution in [0.15, 0.2) is 30.3 Å². The van der Waals surface area contributed by atoms with E-state index in [-0.39, 0.29) is 12.3 Å². The molecular weight excluding hydrogens is 294 g/mol. The molecule has 0 bridgehead atoms. The van der Waals surface area contributed by atoms with Gasteiger partial charge in [-0.1, -0.05) is 24.3 Å². The number of amides is 3. The van der Waals surface area contributed by atoms with Crippen LogP contribution in [0.2, 0.25) is 0 Å². The second-order valence-electron chi connectivity index (χ2n) is 5.46. The number of primary amides is 1. The van der Waals surface area contributed by atoms with Crippen molar-refractivity contribution in [1.29, 1.82) is 0 Å². The van der Waals surface area contributed by atoms with Crippen LogP contribution in [0.1, 0.15) is 29.3 Å². The lowest BCUT2D eigenvalue weighted by atomic mass is 9.98. The van der Waals surface area contributed by atoms with Crippen molar-refractivity contribution in [2.45, 2.75) is 26.3 Å². The molecule has 7 nitrogen and oxygen atoms in total. The Morgan fingerprint density at radius 3 is 2.57 bits per heavy atom. The highest BCUT2D eigenvalue weighted by Crippen LogP contribution is 2.21. The Balaban J connectivity index is 2.14. The maximum atomic E-state index is 12.3. The van der Waals surface area contributed by atoms with Gasteiger partial charge in [0.25, 0.3) is 0 Å². The summed E-state index contributed by atoms with van der Waals surface area (Å²) in [5.74, 6) is 0.380. The van der Waals surface area contributed by atoms with Crippen molar-refractivity contribution in [2.24, 2.45) is 12.8 Å². The van der Waals surface area contributed by atoms with Gasteiger partial charge in [-0.3, -0.25) is 9.48 Å². The fraction of sp³-hybridized carbons (Fsp3) is 0.312. The van der Waals surface area contributed by atoms with E-state index in [0.717, 1.165) is 16.8 Å². The number of benzene rings is 1. The predicted molar refractivity (Wildman–Crippen MR) is 87.8 cm³/mol. The largest absolute Gasteiger partial charge is 0.352 e. The van der Waals surface area contributed by atoms with Crippen LogP contribution < -0.4 is 16.4 Å². The van der Waals surface area contributed by atoms with E-state index in [1.54, 1.807) is 17.8 Å². The van der Waals surface area contributed by atoms with E-state index < -0.39 is 12.1 Å². The molecule has 0 aliphatic rings. The van der Waals surface area contributed by atoms with E-state index in [1.807, 2.05) is 38.1 Å². The number of nitrogens with one attached hydrogen (secondary N) is 2. The van der Waals surface area contributed by atoms with E-state index in [4.69, 9.17) is 5.73 Å². The van der Waals surface area contributed by atoms with E-state index in [9.17, 15) is 9.59 Å². The smallest absolute Gasteiger partial charge is 0.312 e. The second-order valence-corrected chi connectivity index (χ2v) is 5.46. The Kier molecular flexibility index (Phi) is 5.00. The summed E-state index contributed by atoms with van der Waals surface area (Å²) in [5.41, 5.74) is 7.90. The number of hydrogen-bond donors (Lipinski definition) is 3. The molecule has 3 amide bonds. The quantitative estimate of drug-likeness (QED) is 0.783. The minimum atomic E-state index is -0.664. The zero-order chi connectivity index (χ0) is 17.0. The third-order valence-electron chi connectivity index (χ3n) is 3.54. The first kappa shape index (κ1) is 16.5. The molecule has 0 saturated heterocycles. The Bertz CT molecular complexity index is 723. The summed E-state index contributed by atoms with van der Waals surface area (Å²) in [6.45, 7) is 3.77. The van der Waals surface area contributed by atoms with Gasteiger partial charge in [0.1, 0.15) is 5.82 Å². The highest BCUT2D eigenvalue weighted by Gasteiger charge is 2.19. The van der Waals surface area contributed by atoms with Crippen molar-refractivity contribution in [3.05, 3.63) is 47.2 Å². The fourth-order valence-corrected chi connectivity index (χ4v) is 2.50. The van der Waals surface area contributed by atoms with Crippen LogP contribution in [-0.4, -0.2) is 21.7 Å². The van der Waals surface area contributed by atoms with Gasteiger partial charge in [-0.05, 0) is 25.0 Å². The number of anilines is 1. The van der Waals surface area contributed by atoms with Crippen molar-refractivity contribution in [2.75, 3.05) is 5.32 Å². The molecule has 2 rings (SSSR count). The Labute approximate surface area is 134 Å². The predicted octanol–water partition coefficient (Wildman–Crippen LogP) is 1.78. The summed E-state index contributed by atoms with van der Waals surface area (Å²) in [6, 6.07) is 8.19. The van der Waals surface area contributed by atoms with Gasteiger partial charge in [0.15, 0.2) is 0 Å². The first-order valence-electron chi connectivity index (χ1n) is 7.29. The van der Waals surface area contributed by atoms with Gasteiger partial charge >= 0.3 is 6.03 Å². The fourth-order valence-electron chi connectivity index (χ4n) is 2.50. The number of nitrogens with zero attached hydrogens (tertiary/aromatic N) is 2. The van der Waals surface area contributed by atoms with Crippen LogP contribution in [0.3, 0.4) is 0 Å². The van der Waals surface area contributed by atoms with Crippen molar-refractivity contribution in [3.63, 3.8) is 0 Å². The molecule has 0 aliphatic heterocycles. The lowest BCUT2D eigenvalue weighted by Gasteiger charge is -2.19. The first-order valence-corrected chi connectivity index (χ1v) is 7.29. The van der Waals surface area contributed by atoms with E-state index in [0.29, 0.717) is 5.82 Å². The molecule has 1 atom stereocenters. The van der Waals surface area contributed by atoms with Gasteiger partial charge in [0.05, 0.1) is 18.2 Å². The molecule has 23 heavy (non-hydrogen) atoms. The highest BCUT2D eigenvalue weighted by atomic mass is 16.2. The first-order chi connectivity index (χ1) is 10.9. The maximum Gasteiger partial charge on any atom is 0.312 e. The van der Waals surface area contributed by atoms with Gasteiger partial charge < -0.3 is 16.4 Å². The Morgan fingerprint density at radius 2 is 2.00 bits per heavy atom. The number of rotatable bonds is 5. The molecule has 122 valence electrons. The lowest BCUT2D eigenvalue weighted by molar-refractivity contribution is -0.116. The second kappa shape index (κ2) is 6.95. The SMILES string of the molecule is Cc1cc(NC(=O)C[C@H](NC(N)=O)c2ccccc2C)n(C)n1. The lowest BCUT2D eigenvalue weighted by Crippen LogP contribution is -2.35. The Morgan fingerprint density at radius 1 is 1.30 bits per heavy atom. The standard InChI is InChI=1S/C16H21N5O2/c1-10-6-4-5-7-12(10)13(18-16(17)23)9-15(22)19-14-8-11(2)20-21(14)3/h4-8,13H,9H2,1-3H3,(H,19,22)(H3,17,18,23)/t13-/m0/s1. The number of aryl methyl sites for hydroxylation is 3. The van der Waals surface area contributed by atoms with Gasteiger partial charge in [0.2, 0.25) is 5.91 Å². The molecule has 0 radical (unpaired) electrons. The maximum absolute atomic E-state index is 12.3. The summed E-state index contributed by atoms with van der Waals surface area (Å²) >= 11 is 0. The third-order valence-corrected chi connectivity index (χ3v) is 3.54. The summed E-state index contributed by atoms with van der Waals surface area (Å²) in [4.78, 5) is 23.6. The van der Waals surface area contributed by atoms with Crippen molar-refractivity contribution in [1.82, 2.24) is 15.1 Å². The van der Waals surface area contributed by atoms with Crippen molar-refractivity contribution >= 4 is 17.8 Å². The molecule has 1 heterocycles. The van der Waals surface area contributed by atoms with Crippen molar-refractivity contribution in [3.8, 4) is 0 Å². The van der Waals surface area contributed by atoms with E-state index >= 15 is 0 Å². The molecule has 0 unspecified atom stereocenters. The molecular formula is C16H21N5O2. The zero-order valence-corrected chi connectivity index (χ0v) is 13.5. The third kappa shape index (κ3) is 4.32. The zero-order valence-electron chi connectivity index (χ0n) is 13.5. The molecule has 4 N–H and O–H groups in total. The number of aromatic nitrogens is 2. The van der Waals surface area contributed by atoms with E-state index in [2.05, 4.69) is 15.7 Å². The molecule has 2 aromatic rings. The molecule has 0 spiro atoms. The van der Waals surface area contributed by atoms with Crippen LogP contribution >= 0.6 is 0 Å². The minimum Gasteiger partial charge on any atom is -0.352 e. The van der Waals surface area contributed by atoms with Gasteiger partial charge in [-0.2, -0.15) is 5.10 Å². The van der Waals surface area contributed by atoms with Gasteiger partial charge in [0, 0.05) is 13.1 Å². The average molecular weight is 315 g/mol. The van der Waals surface area contributed by atoms with E-state index in [1.165, 1.54) is 0 Å². The number of hydrogen-bond acceptors (Lipinski definition) is 3. The summed E-state index contributed by atoms with van der Waals surface area (Å²) in [7, 11) is 1.75. The molecule has 7 heteroatoms. The molecule has 0 aliphatic carbocycles. The molecule has 1 aromatic carbocycles. The number of nitrogens with two attached hydrogens (primary N) is 1. The minimum absolute atomic E-state index is 0.0814. The molecule has 0 fully saturated rings. The highest BCUT2D eigenvalue weighted by molar-refractivity contribution is 5.90. The van der Waals surface area contributed by atoms with Gasteiger partial charge in [-0.15, -0.1) is 0 Å². The topological polar surface area (TPSA) is 102 Å². The van der Waals surface area contributed by atoms with Crippen LogP contribution in [-0.2, 0) is 11.8 Å². The van der Waals surface area contributed by atoms with Crippen LogP contribution in [0.25, 0.3) is 0 Å². The number of carbonyl (C=O) groups is 2. The number of urea groups is 1. The van der Waals surface area contributed by atoms with Crippen LogP contribution in [0, 0.1) is 13.8 Å². The monoisotopic (exact) mass is 315 g/mol.